The van der Waals surface area contributed by atoms with Crippen molar-refractivity contribution >= 4 is 17.2 Å². The molecule has 2 aliphatic heterocycles. The number of thiophene rings is 1. The molecule has 0 aromatic carbocycles. The summed E-state index contributed by atoms with van der Waals surface area (Å²) in [5, 5.41) is 2.13. The van der Waals surface area contributed by atoms with Gasteiger partial charge in [0.2, 0.25) is 0 Å². The van der Waals surface area contributed by atoms with E-state index in [-0.39, 0.29) is 5.91 Å². The van der Waals surface area contributed by atoms with Crippen LogP contribution in [0.25, 0.3) is 0 Å². The molecule has 1 atom stereocenters. The van der Waals surface area contributed by atoms with Gasteiger partial charge in [-0.25, -0.2) is 0 Å². The molecule has 2 saturated heterocycles. The van der Waals surface area contributed by atoms with Crippen LogP contribution in [0.15, 0.2) is 11.4 Å². The Hall–Kier alpha value is -0.950. The molecule has 0 aliphatic carbocycles. The van der Waals surface area contributed by atoms with E-state index in [1.165, 1.54) is 10.4 Å². The lowest BCUT2D eigenvalue weighted by molar-refractivity contribution is -0.171. The number of rotatable bonds is 3. The van der Waals surface area contributed by atoms with Crippen molar-refractivity contribution in [2.75, 3.05) is 46.0 Å². The molecule has 22 heavy (non-hydrogen) atoms. The van der Waals surface area contributed by atoms with Crippen LogP contribution in [0.1, 0.15) is 17.4 Å². The molecule has 5 nitrogen and oxygen atoms in total. The van der Waals surface area contributed by atoms with Crippen molar-refractivity contribution in [2.45, 2.75) is 26.0 Å². The van der Waals surface area contributed by atoms with Crippen LogP contribution >= 0.6 is 11.3 Å². The Balaban J connectivity index is 1.65. The first-order valence-electron chi connectivity index (χ1n) is 7.85. The molecule has 2 aliphatic rings. The van der Waals surface area contributed by atoms with Crippen LogP contribution < -0.4 is 0 Å². The summed E-state index contributed by atoms with van der Waals surface area (Å²) >= 11 is 1.79. The second-order valence-electron chi connectivity index (χ2n) is 6.22. The largest absolute Gasteiger partial charge is 0.378 e. The van der Waals surface area contributed by atoms with Gasteiger partial charge in [-0.2, -0.15) is 0 Å². The highest BCUT2D eigenvalue weighted by Crippen LogP contribution is 2.25. The van der Waals surface area contributed by atoms with Crippen molar-refractivity contribution < 1.29 is 14.3 Å². The zero-order chi connectivity index (χ0) is 15.6. The molecule has 0 radical (unpaired) electrons. The average molecular weight is 324 g/mol. The summed E-state index contributed by atoms with van der Waals surface area (Å²) < 4.78 is 11.2. The van der Waals surface area contributed by atoms with Crippen LogP contribution in [0.5, 0.6) is 0 Å². The highest BCUT2D eigenvalue weighted by molar-refractivity contribution is 7.10. The fraction of sp³-hybridized carbons (Fsp3) is 0.688. The summed E-state index contributed by atoms with van der Waals surface area (Å²) in [6.07, 6.45) is 0. The lowest BCUT2D eigenvalue weighted by atomic mass is 10.0. The molecule has 0 unspecified atom stereocenters. The summed E-state index contributed by atoms with van der Waals surface area (Å²) in [6.45, 7) is 9.70. The number of morpholine rings is 2. The summed E-state index contributed by atoms with van der Waals surface area (Å²) in [4.78, 5) is 18.4. The minimum absolute atomic E-state index is 0.100. The van der Waals surface area contributed by atoms with Gasteiger partial charge < -0.3 is 14.4 Å². The third-order valence-corrected chi connectivity index (χ3v) is 5.45. The number of amides is 1. The Morgan fingerprint density at radius 3 is 2.77 bits per heavy atom. The van der Waals surface area contributed by atoms with E-state index in [4.69, 9.17) is 9.47 Å². The van der Waals surface area contributed by atoms with Crippen LogP contribution in [0.2, 0.25) is 0 Å². The maximum absolute atomic E-state index is 12.8. The van der Waals surface area contributed by atoms with Gasteiger partial charge >= 0.3 is 0 Å². The Morgan fingerprint density at radius 1 is 1.32 bits per heavy atom. The molecular weight excluding hydrogens is 300 g/mol. The van der Waals surface area contributed by atoms with Gasteiger partial charge in [0.05, 0.1) is 19.8 Å². The second kappa shape index (κ2) is 6.66. The van der Waals surface area contributed by atoms with E-state index in [2.05, 4.69) is 23.3 Å². The van der Waals surface area contributed by atoms with Crippen LogP contribution in [0.3, 0.4) is 0 Å². The van der Waals surface area contributed by atoms with Crippen LogP contribution in [0.4, 0.5) is 0 Å². The highest BCUT2D eigenvalue weighted by Gasteiger charge is 2.42. The van der Waals surface area contributed by atoms with E-state index in [1.54, 1.807) is 11.3 Å². The quantitative estimate of drug-likeness (QED) is 0.845. The van der Waals surface area contributed by atoms with E-state index >= 15 is 0 Å². The predicted octanol–water partition coefficient (Wildman–Crippen LogP) is 1.51. The Morgan fingerprint density at radius 2 is 2.09 bits per heavy atom. The van der Waals surface area contributed by atoms with Crippen LogP contribution in [-0.2, 0) is 20.8 Å². The molecular formula is C16H24N2O3S. The molecule has 0 N–H and O–H groups in total. The molecule has 0 saturated carbocycles. The maximum atomic E-state index is 12.8. The normalized spacial score (nSPS) is 27.1. The smallest absolute Gasteiger partial charge is 0.256 e. The van der Waals surface area contributed by atoms with Gasteiger partial charge in [-0.1, -0.05) is 0 Å². The standard InChI is InChI=1S/C16H24N2O3S/c1-13-3-10-22-14(13)11-17-4-9-21-16(2,12-17)15(19)18-5-7-20-8-6-18/h3,10H,4-9,11-12H2,1-2H3/t16-/m0/s1. The number of aryl methyl sites for hydroxylation is 1. The Kier molecular flexibility index (Phi) is 4.82. The first-order valence-corrected chi connectivity index (χ1v) is 8.73. The van der Waals surface area contributed by atoms with Gasteiger partial charge in [0.1, 0.15) is 0 Å². The Labute approximate surface area is 135 Å². The molecule has 0 bridgehead atoms. The van der Waals surface area contributed by atoms with Crippen LogP contribution in [0, 0.1) is 6.92 Å². The first kappa shape index (κ1) is 15.9. The summed E-state index contributed by atoms with van der Waals surface area (Å²) in [5.41, 5.74) is 0.596. The first-order chi connectivity index (χ1) is 10.6. The number of ether oxygens (including phenoxy) is 2. The lowest BCUT2D eigenvalue weighted by Gasteiger charge is -2.42. The van der Waals surface area contributed by atoms with Gasteiger partial charge in [-0.15, -0.1) is 11.3 Å². The van der Waals surface area contributed by atoms with E-state index in [1.807, 2.05) is 11.8 Å². The van der Waals surface area contributed by atoms with Gasteiger partial charge in [0.25, 0.3) is 5.91 Å². The highest BCUT2D eigenvalue weighted by atomic mass is 32.1. The third-order valence-electron chi connectivity index (χ3n) is 4.44. The zero-order valence-corrected chi connectivity index (χ0v) is 14.2. The molecule has 3 rings (SSSR count). The SMILES string of the molecule is Cc1ccsc1CN1CCO[C@](C)(C(=O)N2CCOCC2)C1. The van der Waals surface area contributed by atoms with Gasteiger partial charge in [-0.05, 0) is 30.9 Å². The van der Waals surface area contributed by atoms with Crippen molar-refractivity contribution in [1.82, 2.24) is 9.80 Å². The zero-order valence-electron chi connectivity index (χ0n) is 13.3. The fourth-order valence-corrected chi connectivity index (χ4v) is 4.03. The minimum Gasteiger partial charge on any atom is -0.378 e. The molecule has 2 fully saturated rings. The minimum atomic E-state index is -0.735. The molecule has 3 heterocycles. The molecule has 6 heteroatoms. The molecule has 1 aromatic heterocycles. The van der Waals surface area contributed by atoms with Crippen molar-refractivity contribution in [3.63, 3.8) is 0 Å². The Bertz CT molecular complexity index is 527. The average Bonchev–Trinajstić information content (AvgIpc) is 2.93. The summed E-state index contributed by atoms with van der Waals surface area (Å²) in [6, 6.07) is 2.15. The summed E-state index contributed by atoms with van der Waals surface area (Å²) in [5.74, 6) is 0.100. The maximum Gasteiger partial charge on any atom is 0.256 e. The van der Waals surface area contributed by atoms with Crippen molar-refractivity contribution in [3.05, 3.63) is 21.9 Å². The van der Waals surface area contributed by atoms with Crippen molar-refractivity contribution in [2.24, 2.45) is 0 Å². The third kappa shape index (κ3) is 3.35. The molecule has 0 spiro atoms. The number of hydrogen-bond donors (Lipinski definition) is 0. The number of carbonyl (C=O) groups is 1. The van der Waals surface area contributed by atoms with Gasteiger partial charge in [-0.3, -0.25) is 9.69 Å². The van der Waals surface area contributed by atoms with E-state index < -0.39 is 5.60 Å². The number of carbonyl (C=O) groups excluding carboxylic acids is 1. The van der Waals surface area contributed by atoms with Crippen molar-refractivity contribution in [1.29, 1.82) is 0 Å². The van der Waals surface area contributed by atoms with Crippen LogP contribution in [-0.4, -0.2) is 67.3 Å². The van der Waals surface area contributed by atoms with E-state index in [9.17, 15) is 4.79 Å². The molecule has 1 aromatic rings. The fourth-order valence-electron chi connectivity index (χ4n) is 3.09. The second-order valence-corrected chi connectivity index (χ2v) is 7.22. The van der Waals surface area contributed by atoms with Gasteiger partial charge in [0.15, 0.2) is 5.60 Å². The monoisotopic (exact) mass is 324 g/mol. The van der Waals surface area contributed by atoms with E-state index in [0.717, 1.165) is 13.1 Å². The number of nitrogens with zero attached hydrogens (tertiary/aromatic N) is 2. The predicted molar refractivity (Wildman–Crippen MR) is 86.1 cm³/mol. The lowest BCUT2D eigenvalue weighted by Crippen LogP contribution is -2.60. The van der Waals surface area contributed by atoms with E-state index in [0.29, 0.717) is 39.5 Å². The van der Waals surface area contributed by atoms with Gasteiger partial charge in [0, 0.05) is 37.6 Å². The van der Waals surface area contributed by atoms with Crippen molar-refractivity contribution in [3.8, 4) is 0 Å². The number of hydrogen-bond acceptors (Lipinski definition) is 5. The molecule has 1 amide bonds. The summed E-state index contributed by atoms with van der Waals surface area (Å²) in [7, 11) is 0. The topological polar surface area (TPSA) is 42.0 Å². The molecule has 122 valence electrons.